The Kier molecular flexibility index (Phi) is 7.61. The third-order valence-corrected chi connectivity index (χ3v) is 5.66. The second-order valence-corrected chi connectivity index (χ2v) is 8.30. The number of benzene rings is 2. The summed E-state index contributed by atoms with van der Waals surface area (Å²) in [5.41, 5.74) is -4.53. The summed E-state index contributed by atoms with van der Waals surface area (Å²) in [6.07, 6.45) is -14.2. The van der Waals surface area contributed by atoms with Crippen LogP contribution in [0.15, 0.2) is 42.5 Å². The van der Waals surface area contributed by atoms with Crippen molar-refractivity contribution in [3.63, 3.8) is 0 Å². The van der Waals surface area contributed by atoms with E-state index in [0.717, 1.165) is 17.0 Å². The zero-order chi connectivity index (χ0) is 26.9. The maximum absolute atomic E-state index is 13.1. The molecule has 13 heteroatoms. The number of halogens is 9. The topological polar surface area (TPSA) is 49.4 Å². The van der Waals surface area contributed by atoms with Crippen LogP contribution >= 0.6 is 0 Å². The first kappa shape index (κ1) is 27.3. The lowest BCUT2D eigenvalue weighted by atomic mass is 9.95. The Hall–Kier alpha value is -3.25. The highest BCUT2D eigenvalue weighted by atomic mass is 19.4. The third kappa shape index (κ3) is 6.70. The first-order valence-electron chi connectivity index (χ1n) is 10.6. The molecule has 1 aliphatic heterocycles. The van der Waals surface area contributed by atoms with Crippen molar-refractivity contribution in [3.8, 4) is 0 Å². The molecule has 0 bridgehead atoms. The molecule has 1 fully saturated rings. The summed E-state index contributed by atoms with van der Waals surface area (Å²) in [7, 11) is 0. The van der Waals surface area contributed by atoms with Crippen LogP contribution in [0.25, 0.3) is 0 Å². The molecule has 196 valence electrons. The quantitative estimate of drug-likeness (QED) is 0.504. The molecule has 1 N–H and O–H groups in total. The number of nitrogens with zero attached hydrogens (tertiary/aromatic N) is 1. The van der Waals surface area contributed by atoms with E-state index in [9.17, 15) is 49.1 Å². The smallest absolute Gasteiger partial charge is 0.352 e. The van der Waals surface area contributed by atoms with Crippen LogP contribution in [-0.4, -0.2) is 29.8 Å². The Balaban J connectivity index is 1.69. The van der Waals surface area contributed by atoms with E-state index in [-0.39, 0.29) is 32.1 Å². The lowest BCUT2D eigenvalue weighted by molar-refractivity contribution is -0.143. The van der Waals surface area contributed by atoms with Gasteiger partial charge < -0.3 is 10.2 Å². The van der Waals surface area contributed by atoms with Crippen LogP contribution in [0.4, 0.5) is 39.5 Å². The molecule has 0 spiro atoms. The maximum atomic E-state index is 13.1. The Morgan fingerprint density at radius 1 is 0.806 bits per heavy atom. The van der Waals surface area contributed by atoms with E-state index in [1.54, 1.807) is 0 Å². The van der Waals surface area contributed by atoms with Crippen molar-refractivity contribution in [1.29, 1.82) is 0 Å². The molecule has 1 heterocycles. The predicted octanol–water partition coefficient (Wildman–Crippen LogP) is 5.91. The fraction of sp³-hybridized carbons (Fsp3) is 0.391. The van der Waals surface area contributed by atoms with Gasteiger partial charge in [-0.2, -0.15) is 39.5 Å². The molecule has 0 saturated carbocycles. The molecule has 4 nitrogen and oxygen atoms in total. The van der Waals surface area contributed by atoms with Gasteiger partial charge in [0, 0.05) is 25.2 Å². The van der Waals surface area contributed by atoms with E-state index >= 15 is 0 Å². The number of carbonyl (C=O) groups excluding carboxylic acids is 2. The fourth-order valence-corrected chi connectivity index (χ4v) is 3.78. The van der Waals surface area contributed by atoms with E-state index in [0.29, 0.717) is 24.1 Å². The fourth-order valence-electron chi connectivity index (χ4n) is 3.78. The molecule has 36 heavy (non-hydrogen) atoms. The summed E-state index contributed by atoms with van der Waals surface area (Å²) in [5, 5.41) is 2.53. The Bertz CT molecular complexity index is 1070. The standard InChI is InChI=1S/C23H19F9N2O2/c24-21(25,26)16-5-3-13(4-6-16)11-33-19(35)14-2-1-7-34(12-14)20(36)15-8-17(22(27,28)29)10-18(9-15)23(30,31)32/h3-6,8-10,14H,1-2,7,11-12H2,(H,33,35). The predicted molar refractivity (Wildman–Crippen MR) is 108 cm³/mol. The first-order chi connectivity index (χ1) is 16.6. The average Bonchev–Trinajstić information content (AvgIpc) is 2.80. The number of hydrogen-bond donors (Lipinski definition) is 1. The summed E-state index contributed by atoms with van der Waals surface area (Å²) < 4.78 is 117. The highest BCUT2D eigenvalue weighted by molar-refractivity contribution is 5.95. The molecule has 2 aromatic carbocycles. The van der Waals surface area contributed by atoms with Gasteiger partial charge in [0.15, 0.2) is 0 Å². The lowest BCUT2D eigenvalue weighted by Crippen LogP contribution is -2.45. The molecule has 0 radical (unpaired) electrons. The van der Waals surface area contributed by atoms with E-state index in [1.165, 1.54) is 12.1 Å². The lowest BCUT2D eigenvalue weighted by Gasteiger charge is -2.32. The van der Waals surface area contributed by atoms with Crippen LogP contribution in [-0.2, 0) is 29.9 Å². The molecule has 1 saturated heterocycles. The van der Waals surface area contributed by atoms with E-state index in [1.807, 2.05) is 0 Å². The number of likely N-dealkylation sites (tertiary alicyclic amines) is 1. The Morgan fingerprint density at radius 2 is 1.33 bits per heavy atom. The number of carbonyl (C=O) groups is 2. The molecule has 0 aliphatic carbocycles. The normalized spacial score (nSPS) is 17.1. The van der Waals surface area contributed by atoms with Gasteiger partial charge in [-0.3, -0.25) is 9.59 Å². The summed E-state index contributed by atoms with van der Waals surface area (Å²) in [5.74, 6) is -2.43. The van der Waals surface area contributed by atoms with Crippen LogP contribution < -0.4 is 5.32 Å². The SMILES string of the molecule is O=C(NCc1ccc(C(F)(F)F)cc1)C1CCCN(C(=O)c2cc(C(F)(F)F)cc(C(F)(F)F)c2)C1. The van der Waals surface area contributed by atoms with Crippen molar-refractivity contribution in [2.45, 2.75) is 37.9 Å². The van der Waals surface area contributed by atoms with Gasteiger partial charge in [0.25, 0.3) is 5.91 Å². The summed E-state index contributed by atoms with van der Waals surface area (Å²) in [6.45, 7) is -0.321. The molecular weight excluding hydrogens is 507 g/mol. The van der Waals surface area contributed by atoms with Crippen molar-refractivity contribution in [2.24, 2.45) is 5.92 Å². The third-order valence-electron chi connectivity index (χ3n) is 5.66. The minimum Gasteiger partial charge on any atom is -0.352 e. The van der Waals surface area contributed by atoms with Gasteiger partial charge in [-0.05, 0) is 48.7 Å². The molecule has 1 aliphatic rings. The Morgan fingerprint density at radius 3 is 1.83 bits per heavy atom. The zero-order valence-corrected chi connectivity index (χ0v) is 18.3. The molecule has 3 rings (SSSR count). The monoisotopic (exact) mass is 526 g/mol. The van der Waals surface area contributed by atoms with Gasteiger partial charge >= 0.3 is 18.5 Å². The van der Waals surface area contributed by atoms with Gasteiger partial charge in [0.1, 0.15) is 0 Å². The van der Waals surface area contributed by atoms with Crippen molar-refractivity contribution < 1.29 is 49.1 Å². The van der Waals surface area contributed by atoms with Gasteiger partial charge in [-0.1, -0.05) is 12.1 Å². The number of hydrogen-bond acceptors (Lipinski definition) is 2. The van der Waals surface area contributed by atoms with E-state index in [2.05, 4.69) is 5.32 Å². The molecule has 1 unspecified atom stereocenters. The van der Waals surface area contributed by atoms with Crippen LogP contribution in [0, 0.1) is 5.92 Å². The number of nitrogens with one attached hydrogen (secondary N) is 1. The minimum atomic E-state index is -5.11. The van der Waals surface area contributed by atoms with Gasteiger partial charge in [0.05, 0.1) is 22.6 Å². The van der Waals surface area contributed by atoms with Crippen LogP contribution in [0.5, 0.6) is 0 Å². The molecule has 1 atom stereocenters. The molecular formula is C23H19F9N2O2. The van der Waals surface area contributed by atoms with Crippen molar-refractivity contribution in [1.82, 2.24) is 10.2 Å². The Labute approximate surface area is 199 Å². The second-order valence-electron chi connectivity index (χ2n) is 8.30. The summed E-state index contributed by atoms with van der Waals surface area (Å²) >= 11 is 0. The van der Waals surface area contributed by atoms with E-state index < -0.39 is 58.5 Å². The van der Waals surface area contributed by atoms with Crippen molar-refractivity contribution >= 4 is 11.8 Å². The number of piperidine rings is 1. The summed E-state index contributed by atoms with van der Waals surface area (Å²) in [4.78, 5) is 26.3. The van der Waals surface area contributed by atoms with Gasteiger partial charge in [-0.15, -0.1) is 0 Å². The second kappa shape index (κ2) is 10.0. The number of amides is 2. The highest BCUT2D eigenvalue weighted by Crippen LogP contribution is 2.37. The van der Waals surface area contributed by atoms with Crippen molar-refractivity contribution in [2.75, 3.05) is 13.1 Å². The highest BCUT2D eigenvalue weighted by Gasteiger charge is 2.38. The number of alkyl halides is 9. The average molecular weight is 526 g/mol. The van der Waals surface area contributed by atoms with Crippen LogP contribution in [0.3, 0.4) is 0 Å². The molecule has 2 aromatic rings. The van der Waals surface area contributed by atoms with Gasteiger partial charge in [0.2, 0.25) is 5.91 Å². The zero-order valence-electron chi connectivity index (χ0n) is 18.3. The summed E-state index contributed by atoms with van der Waals surface area (Å²) in [6, 6.07) is 4.68. The van der Waals surface area contributed by atoms with Crippen LogP contribution in [0.2, 0.25) is 0 Å². The van der Waals surface area contributed by atoms with E-state index in [4.69, 9.17) is 0 Å². The number of rotatable bonds is 4. The molecule has 2 amide bonds. The van der Waals surface area contributed by atoms with Gasteiger partial charge in [-0.25, -0.2) is 0 Å². The molecule has 0 aromatic heterocycles. The largest absolute Gasteiger partial charge is 0.416 e. The van der Waals surface area contributed by atoms with Crippen LogP contribution in [0.1, 0.15) is 45.5 Å². The minimum absolute atomic E-state index is 0.0269. The first-order valence-corrected chi connectivity index (χ1v) is 10.6. The maximum Gasteiger partial charge on any atom is 0.416 e. The van der Waals surface area contributed by atoms with Crippen molar-refractivity contribution in [3.05, 3.63) is 70.3 Å².